The highest BCUT2D eigenvalue weighted by atomic mass is 35.5. The lowest BCUT2D eigenvalue weighted by molar-refractivity contribution is 0.0655. The Morgan fingerprint density at radius 1 is 1.12 bits per heavy atom. The average Bonchev–Trinajstić information content (AvgIpc) is 2.64. The Bertz CT molecular complexity index is 780. The molecular weight excluding hydrogens is 350 g/mol. The van der Waals surface area contributed by atoms with Crippen molar-refractivity contribution in [1.82, 2.24) is 10.2 Å². The fourth-order valence-corrected chi connectivity index (χ4v) is 2.98. The van der Waals surface area contributed by atoms with Gasteiger partial charge in [-0.2, -0.15) is 0 Å². The first-order chi connectivity index (χ1) is 12.1. The van der Waals surface area contributed by atoms with Gasteiger partial charge in [-0.1, -0.05) is 24.3 Å². The predicted octanol–water partition coefficient (Wildman–Crippen LogP) is 3.10. The molecular formula is C20H24ClN3O2. The van der Waals surface area contributed by atoms with Gasteiger partial charge in [-0.15, -0.1) is 12.4 Å². The van der Waals surface area contributed by atoms with Crippen LogP contribution in [-0.2, 0) is 0 Å². The van der Waals surface area contributed by atoms with Crippen molar-refractivity contribution in [2.45, 2.75) is 19.9 Å². The number of hydrogen-bond acceptors (Lipinski definition) is 3. The van der Waals surface area contributed by atoms with E-state index in [9.17, 15) is 9.59 Å². The first-order valence-corrected chi connectivity index (χ1v) is 8.55. The molecule has 2 aromatic rings. The monoisotopic (exact) mass is 373 g/mol. The molecule has 0 aliphatic carbocycles. The lowest BCUT2D eigenvalue weighted by Crippen LogP contribution is -2.52. The van der Waals surface area contributed by atoms with Crippen LogP contribution in [0.3, 0.4) is 0 Å². The molecule has 2 aromatic carbocycles. The molecule has 1 atom stereocenters. The second-order valence-electron chi connectivity index (χ2n) is 6.40. The Morgan fingerprint density at radius 2 is 1.85 bits per heavy atom. The number of halogens is 1. The summed E-state index contributed by atoms with van der Waals surface area (Å²) in [7, 11) is 0. The van der Waals surface area contributed by atoms with E-state index in [0.29, 0.717) is 23.4 Å². The smallest absolute Gasteiger partial charge is 0.255 e. The summed E-state index contributed by atoms with van der Waals surface area (Å²) in [5.41, 5.74) is 2.79. The zero-order chi connectivity index (χ0) is 17.8. The average molecular weight is 374 g/mol. The van der Waals surface area contributed by atoms with Crippen molar-refractivity contribution in [2.75, 3.05) is 25.0 Å². The Hall–Kier alpha value is -2.37. The topological polar surface area (TPSA) is 61.4 Å². The lowest BCUT2D eigenvalue weighted by atomic mass is 10.1. The van der Waals surface area contributed by atoms with Crippen LogP contribution in [0, 0.1) is 6.92 Å². The van der Waals surface area contributed by atoms with E-state index in [1.807, 2.05) is 49.1 Å². The number of anilines is 1. The molecule has 2 amide bonds. The maximum absolute atomic E-state index is 12.8. The highest BCUT2D eigenvalue weighted by Crippen LogP contribution is 2.20. The van der Waals surface area contributed by atoms with E-state index in [-0.39, 0.29) is 30.3 Å². The molecule has 6 heteroatoms. The molecule has 1 fully saturated rings. The van der Waals surface area contributed by atoms with Crippen LogP contribution in [-0.4, -0.2) is 42.4 Å². The van der Waals surface area contributed by atoms with Crippen LogP contribution in [0.25, 0.3) is 0 Å². The van der Waals surface area contributed by atoms with Gasteiger partial charge in [-0.3, -0.25) is 9.59 Å². The van der Waals surface area contributed by atoms with E-state index in [4.69, 9.17) is 0 Å². The summed E-state index contributed by atoms with van der Waals surface area (Å²) < 4.78 is 0. The van der Waals surface area contributed by atoms with Crippen molar-refractivity contribution in [1.29, 1.82) is 0 Å². The second-order valence-corrected chi connectivity index (χ2v) is 6.40. The number of aryl methyl sites for hydroxylation is 1. The minimum absolute atomic E-state index is 0. The van der Waals surface area contributed by atoms with E-state index in [0.717, 1.165) is 18.7 Å². The van der Waals surface area contributed by atoms with Gasteiger partial charge in [0.1, 0.15) is 0 Å². The van der Waals surface area contributed by atoms with Gasteiger partial charge in [0.2, 0.25) is 0 Å². The van der Waals surface area contributed by atoms with Gasteiger partial charge < -0.3 is 15.5 Å². The van der Waals surface area contributed by atoms with Crippen molar-refractivity contribution >= 4 is 29.9 Å². The molecule has 1 unspecified atom stereocenters. The second kappa shape index (κ2) is 8.83. The zero-order valence-electron chi connectivity index (χ0n) is 15.0. The standard InChI is InChI=1S/C20H23N3O2.ClH/c1-14-8-9-17(20(25)23-11-10-21-13-15(23)2)12-18(14)22-19(24)16-6-4-3-5-7-16;/h3-9,12,15,21H,10-11,13H2,1-2H3,(H,22,24);1H. The molecule has 1 saturated heterocycles. The largest absolute Gasteiger partial charge is 0.333 e. The molecule has 5 nitrogen and oxygen atoms in total. The quantitative estimate of drug-likeness (QED) is 0.869. The van der Waals surface area contributed by atoms with E-state index >= 15 is 0 Å². The van der Waals surface area contributed by atoms with Gasteiger partial charge in [0.25, 0.3) is 11.8 Å². The van der Waals surface area contributed by atoms with Crippen molar-refractivity contribution < 1.29 is 9.59 Å². The highest BCUT2D eigenvalue weighted by Gasteiger charge is 2.24. The number of carbonyl (C=O) groups is 2. The van der Waals surface area contributed by atoms with Gasteiger partial charge in [0.05, 0.1) is 0 Å². The normalized spacial score (nSPS) is 16.5. The number of nitrogens with one attached hydrogen (secondary N) is 2. The number of benzene rings is 2. The summed E-state index contributed by atoms with van der Waals surface area (Å²) in [6.45, 7) is 6.26. The Morgan fingerprint density at radius 3 is 2.54 bits per heavy atom. The maximum Gasteiger partial charge on any atom is 0.255 e. The third kappa shape index (κ3) is 4.42. The molecule has 0 saturated carbocycles. The van der Waals surface area contributed by atoms with Crippen molar-refractivity contribution in [2.24, 2.45) is 0 Å². The van der Waals surface area contributed by atoms with Crippen molar-refractivity contribution in [3.8, 4) is 0 Å². The summed E-state index contributed by atoms with van der Waals surface area (Å²) in [5.74, 6) is -0.173. The molecule has 3 rings (SSSR count). The van der Waals surface area contributed by atoms with Gasteiger partial charge in [0, 0.05) is 42.5 Å². The Labute approximate surface area is 160 Å². The minimum atomic E-state index is -0.177. The molecule has 1 aliphatic rings. The highest BCUT2D eigenvalue weighted by molar-refractivity contribution is 6.05. The fourth-order valence-electron chi connectivity index (χ4n) is 2.98. The summed E-state index contributed by atoms with van der Waals surface area (Å²) in [4.78, 5) is 27.1. The molecule has 0 bridgehead atoms. The number of hydrogen-bond donors (Lipinski definition) is 2. The van der Waals surface area contributed by atoms with Crippen LogP contribution < -0.4 is 10.6 Å². The lowest BCUT2D eigenvalue weighted by Gasteiger charge is -2.34. The predicted molar refractivity (Wildman–Crippen MR) is 106 cm³/mol. The fraction of sp³-hybridized carbons (Fsp3) is 0.300. The molecule has 26 heavy (non-hydrogen) atoms. The summed E-state index contributed by atoms with van der Waals surface area (Å²) in [5, 5.41) is 6.20. The van der Waals surface area contributed by atoms with Crippen LogP contribution in [0.4, 0.5) is 5.69 Å². The maximum atomic E-state index is 12.8. The number of amides is 2. The number of carbonyl (C=O) groups excluding carboxylic acids is 2. The van der Waals surface area contributed by atoms with Crippen LogP contribution in [0.5, 0.6) is 0 Å². The molecule has 0 spiro atoms. The van der Waals surface area contributed by atoms with E-state index < -0.39 is 0 Å². The number of nitrogens with zero attached hydrogens (tertiary/aromatic N) is 1. The Balaban J connectivity index is 0.00000243. The van der Waals surface area contributed by atoms with Gasteiger partial charge in [-0.05, 0) is 43.7 Å². The summed E-state index contributed by atoms with van der Waals surface area (Å²) >= 11 is 0. The van der Waals surface area contributed by atoms with Crippen LogP contribution in [0.1, 0.15) is 33.2 Å². The Kier molecular flexibility index (Phi) is 6.77. The van der Waals surface area contributed by atoms with E-state index in [1.165, 1.54) is 0 Å². The first kappa shape index (κ1) is 19.9. The van der Waals surface area contributed by atoms with E-state index in [2.05, 4.69) is 10.6 Å². The van der Waals surface area contributed by atoms with E-state index in [1.54, 1.807) is 18.2 Å². The van der Waals surface area contributed by atoms with Gasteiger partial charge in [-0.25, -0.2) is 0 Å². The number of piperazine rings is 1. The third-order valence-corrected chi connectivity index (χ3v) is 4.53. The molecule has 0 aromatic heterocycles. The summed E-state index contributed by atoms with van der Waals surface area (Å²) in [6.07, 6.45) is 0. The molecule has 0 radical (unpaired) electrons. The van der Waals surface area contributed by atoms with Crippen LogP contribution >= 0.6 is 12.4 Å². The third-order valence-electron chi connectivity index (χ3n) is 4.53. The van der Waals surface area contributed by atoms with Crippen LogP contribution in [0.2, 0.25) is 0 Å². The molecule has 1 heterocycles. The molecule has 1 aliphatic heterocycles. The molecule has 2 N–H and O–H groups in total. The number of rotatable bonds is 3. The van der Waals surface area contributed by atoms with Gasteiger partial charge in [0.15, 0.2) is 0 Å². The van der Waals surface area contributed by atoms with Gasteiger partial charge >= 0.3 is 0 Å². The SMILES string of the molecule is Cc1ccc(C(=O)N2CCNCC2C)cc1NC(=O)c1ccccc1.Cl. The zero-order valence-corrected chi connectivity index (χ0v) is 15.8. The van der Waals surface area contributed by atoms with Crippen molar-refractivity contribution in [3.05, 3.63) is 65.2 Å². The first-order valence-electron chi connectivity index (χ1n) is 8.55. The molecule has 138 valence electrons. The summed E-state index contributed by atoms with van der Waals surface area (Å²) in [6, 6.07) is 14.7. The van der Waals surface area contributed by atoms with Crippen molar-refractivity contribution in [3.63, 3.8) is 0 Å². The van der Waals surface area contributed by atoms with Crippen LogP contribution in [0.15, 0.2) is 48.5 Å². The minimum Gasteiger partial charge on any atom is -0.333 e.